The number of fused-ring (bicyclic) bond motifs is 1. The zero-order valence-corrected chi connectivity index (χ0v) is 15.8. The molecule has 0 unspecified atom stereocenters. The molecule has 5 rings (SSSR count). The molecule has 0 fully saturated rings. The minimum absolute atomic E-state index is 0.322. The Balaban J connectivity index is 1.74. The molecule has 0 aliphatic rings. The molecule has 5 aromatic rings. The van der Waals surface area contributed by atoms with Gasteiger partial charge < -0.3 is 0 Å². The van der Waals surface area contributed by atoms with Crippen molar-refractivity contribution in [1.82, 2.24) is 15.0 Å². The highest BCUT2D eigenvalue weighted by atomic mass is 19.1. The Hall–Kier alpha value is -3.99. The van der Waals surface area contributed by atoms with Gasteiger partial charge in [-0.25, -0.2) is 18.7 Å². The summed E-state index contributed by atoms with van der Waals surface area (Å²) in [6.45, 7) is 0. The molecular formula is C25H15F2N3. The molecule has 3 aromatic carbocycles. The topological polar surface area (TPSA) is 38.7 Å². The minimum atomic E-state index is -0.324. The average Bonchev–Trinajstić information content (AvgIpc) is 2.79. The van der Waals surface area contributed by atoms with Crippen molar-refractivity contribution in [3.05, 3.63) is 103 Å². The third kappa shape index (κ3) is 3.42. The van der Waals surface area contributed by atoms with Crippen LogP contribution in [-0.2, 0) is 0 Å². The van der Waals surface area contributed by atoms with Crippen LogP contribution in [0.2, 0.25) is 0 Å². The summed E-state index contributed by atoms with van der Waals surface area (Å²) >= 11 is 0. The van der Waals surface area contributed by atoms with E-state index < -0.39 is 0 Å². The Kier molecular flexibility index (Phi) is 4.48. The molecule has 0 amide bonds. The predicted octanol–water partition coefficient (Wildman–Crippen LogP) is 6.30. The van der Waals surface area contributed by atoms with E-state index in [0.717, 1.165) is 22.3 Å². The normalized spacial score (nSPS) is 11.0. The van der Waals surface area contributed by atoms with Gasteiger partial charge in [0.2, 0.25) is 0 Å². The molecule has 0 aliphatic carbocycles. The van der Waals surface area contributed by atoms with E-state index in [1.807, 2.05) is 30.3 Å². The quantitative estimate of drug-likeness (QED) is 0.360. The lowest BCUT2D eigenvalue weighted by molar-refractivity contribution is 0.627. The molecule has 0 atom stereocenters. The van der Waals surface area contributed by atoms with Crippen molar-refractivity contribution in [2.45, 2.75) is 0 Å². The first kappa shape index (κ1) is 18.1. The number of benzene rings is 3. The van der Waals surface area contributed by atoms with Gasteiger partial charge in [0, 0.05) is 29.1 Å². The van der Waals surface area contributed by atoms with Gasteiger partial charge >= 0.3 is 0 Å². The van der Waals surface area contributed by atoms with Crippen LogP contribution in [0.4, 0.5) is 8.78 Å². The first-order chi connectivity index (χ1) is 14.7. The Labute approximate surface area is 171 Å². The highest BCUT2D eigenvalue weighted by Gasteiger charge is 2.14. The summed E-state index contributed by atoms with van der Waals surface area (Å²) in [4.78, 5) is 13.8. The number of rotatable bonds is 3. The molecule has 2 aromatic heterocycles. The van der Waals surface area contributed by atoms with E-state index in [9.17, 15) is 8.78 Å². The smallest absolute Gasteiger partial charge is 0.123 e. The predicted molar refractivity (Wildman–Crippen MR) is 114 cm³/mol. The molecule has 2 heterocycles. The summed E-state index contributed by atoms with van der Waals surface area (Å²) in [5.41, 5.74) is 6.07. The van der Waals surface area contributed by atoms with Crippen molar-refractivity contribution in [2.75, 3.05) is 0 Å². The fraction of sp³-hybridized carbons (Fsp3) is 0. The molecule has 0 radical (unpaired) electrons. The summed E-state index contributed by atoms with van der Waals surface area (Å²) < 4.78 is 26.9. The van der Waals surface area contributed by atoms with Gasteiger partial charge in [0.05, 0.1) is 22.4 Å². The molecule has 0 saturated heterocycles. The summed E-state index contributed by atoms with van der Waals surface area (Å²) in [5.74, 6) is -0.647. The fourth-order valence-corrected chi connectivity index (χ4v) is 3.39. The summed E-state index contributed by atoms with van der Waals surface area (Å²) in [5, 5.41) is 0. The zero-order valence-electron chi connectivity index (χ0n) is 15.8. The van der Waals surface area contributed by atoms with Gasteiger partial charge in [-0.15, -0.1) is 0 Å². The standard InChI is InChI=1S/C25H15F2N3/c26-20-8-3-16(4-9-20)24-25(17-5-10-21(27)11-6-17)30-23-14-18(7-12-22(23)29-24)19-2-1-13-28-15-19/h1-15H. The van der Waals surface area contributed by atoms with Crippen LogP contribution < -0.4 is 0 Å². The maximum atomic E-state index is 13.5. The summed E-state index contributed by atoms with van der Waals surface area (Å²) in [6, 6.07) is 21.9. The Morgan fingerprint density at radius 2 is 1.10 bits per heavy atom. The number of aromatic nitrogens is 3. The van der Waals surface area contributed by atoms with Crippen molar-refractivity contribution in [1.29, 1.82) is 0 Å². The SMILES string of the molecule is Fc1ccc(-c2nc3ccc(-c4cccnc4)cc3nc2-c2ccc(F)cc2)cc1. The number of halogens is 2. The van der Waals surface area contributed by atoms with Gasteiger partial charge in [-0.1, -0.05) is 12.1 Å². The highest BCUT2D eigenvalue weighted by molar-refractivity contribution is 5.88. The van der Waals surface area contributed by atoms with E-state index in [1.165, 1.54) is 24.3 Å². The Morgan fingerprint density at radius 3 is 1.67 bits per heavy atom. The van der Waals surface area contributed by atoms with Crippen molar-refractivity contribution in [2.24, 2.45) is 0 Å². The molecule has 0 N–H and O–H groups in total. The third-order valence-corrected chi connectivity index (χ3v) is 4.89. The van der Waals surface area contributed by atoms with E-state index in [4.69, 9.17) is 9.97 Å². The van der Waals surface area contributed by atoms with E-state index in [1.54, 1.807) is 36.7 Å². The number of pyridine rings is 1. The van der Waals surface area contributed by atoms with Crippen LogP contribution in [0.5, 0.6) is 0 Å². The summed E-state index contributed by atoms with van der Waals surface area (Å²) in [7, 11) is 0. The molecule has 3 nitrogen and oxygen atoms in total. The molecule has 30 heavy (non-hydrogen) atoms. The van der Waals surface area contributed by atoms with E-state index in [0.29, 0.717) is 22.4 Å². The molecular weight excluding hydrogens is 380 g/mol. The largest absolute Gasteiger partial charge is 0.264 e. The van der Waals surface area contributed by atoms with E-state index in [2.05, 4.69) is 4.98 Å². The van der Waals surface area contributed by atoms with Crippen LogP contribution in [0, 0.1) is 11.6 Å². The van der Waals surface area contributed by atoms with Gasteiger partial charge in [0.15, 0.2) is 0 Å². The Bertz CT molecular complexity index is 1330. The first-order valence-corrected chi connectivity index (χ1v) is 9.41. The fourth-order valence-electron chi connectivity index (χ4n) is 3.39. The van der Waals surface area contributed by atoms with Crippen molar-refractivity contribution >= 4 is 11.0 Å². The van der Waals surface area contributed by atoms with Crippen molar-refractivity contribution in [3.8, 4) is 33.6 Å². The third-order valence-electron chi connectivity index (χ3n) is 4.89. The van der Waals surface area contributed by atoms with Crippen molar-refractivity contribution < 1.29 is 8.78 Å². The lowest BCUT2D eigenvalue weighted by atomic mass is 10.0. The van der Waals surface area contributed by atoms with E-state index in [-0.39, 0.29) is 11.6 Å². The maximum Gasteiger partial charge on any atom is 0.123 e. The van der Waals surface area contributed by atoms with Crippen LogP contribution in [0.15, 0.2) is 91.3 Å². The highest BCUT2D eigenvalue weighted by Crippen LogP contribution is 2.32. The molecule has 0 saturated carbocycles. The van der Waals surface area contributed by atoms with Gasteiger partial charge in [-0.3, -0.25) is 4.98 Å². The number of nitrogens with zero attached hydrogens (tertiary/aromatic N) is 3. The van der Waals surface area contributed by atoms with Crippen LogP contribution in [0.1, 0.15) is 0 Å². The van der Waals surface area contributed by atoms with Gasteiger partial charge in [-0.05, 0) is 72.3 Å². The van der Waals surface area contributed by atoms with Crippen LogP contribution >= 0.6 is 0 Å². The first-order valence-electron chi connectivity index (χ1n) is 9.41. The molecule has 5 heteroatoms. The molecule has 144 valence electrons. The second-order valence-electron chi connectivity index (χ2n) is 6.88. The summed E-state index contributed by atoms with van der Waals surface area (Å²) in [6.07, 6.45) is 3.52. The maximum absolute atomic E-state index is 13.5. The monoisotopic (exact) mass is 395 g/mol. The molecule has 0 spiro atoms. The molecule has 0 aliphatic heterocycles. The lowest BCUT2D eigenvalue weighted by Gasteiger charge is -2.11. The van der Waals surface area contributed by atoms with E-state index >= 15 is 0 Å². The average molecular weight is 395 g/mol. The minimum Gasteiger partial charge on any atom is -0.264 e. The van der Waals surface area contributed by atoms with Crippen LogP contribution in [-0.4, -0.2) is 15.0 Å². The van der Waals surface area contributed by atoms with Crippen LogP contribution in [0.3, 0.4) is 0 Å². The number of hydrogen-bond donors (Lipinski definition) is 0. The lowest BCUT2D eigenvalue weighted by Crippen LogP contribution is -1.96. The number of hydrogen-bond acceptors (Lipinski definition) is 3. The van der Waals surface area contributed by atoms with Crippen molar-refractivity contribution in [3.63, 3.8) is 0 Å². The van der Waals surface area contributed by atoms with Crippen LogP contribution in [0.25, 0.3) is 44.7 Å². The Morgan fingerprint density at radius 1 is 0.533 bits per heavy atom. The second kappa shape index (κ2) is 7.44. The van der Waals surface area contributed by atoms with Gasteiger partial charge in [0.1, 0.15) is 11.6 Å². The van der Waals surface area contributed by atoms with Gasteiger partial charge in [0.25, 0.3) is 0 Å². The second-order valence-corrected chi connectivity index (χ2v) is 6.88. The zero-order chi connectivity index (χ0) is 20.5. The van der Waals surface area contributed by atoms with Gasteiger partial charge in [-0.2, -0.15) is 0 Å². The molecule has 0 bridgehead atoms.